The number of aliphatic hydroxyl groups is 1. The van der Waals surface area contributed by atoms with E-state index in [4.69, 9.17) is 0 Å². The highest BCUT2D eigenvalue weighted by atomic mass is 127. The fourth-order valence-electron chi connectivity index (χ4n) is 9.60. The average molecular weight is 488 g/mol. The van der Waals surface area contributed by atoms with Crippen LogP contribution in [0.15, 0.2) is 0 Å². The van der Waals surface area contributed by atoms with Crippen molar-refractivity contribution in [3.63, 3.8) is 0 Å². The Labute approximate surface area is 184 Å². The summed E-state index contributed by atoms with van der Waals surface area (Å²) in [6, 6.07) is 0.939. The van der Waals surface area contributed by atoms with Gasteiger partial charge in [-0.1, -0.05) is 13.8 Å². The number of aliphatic hydroxyl groups excluding tert-OH is 1. The first-order chi connectivity index (χ1) is 12.4. The average Bonchev–Trinajstić information content (AvgIpc) is 3.19. The topological polar surface area (TPSA) is 20.2 Å². The molecule has 4 saturated carbocycles. The molecule has 0 amide bonds. The third-order valence-electron chi connectivity index (χ3n) is 10.9. The molecule has 27 heavy (non-hydrogen) atoms. The van der Waals surface area contributed by atoms with E-state index in [0.29, 0.717) is 10.8 Å². The van der Waals surface area contributed by atoms with Crippen molar-refractivity contribution in [1.29, 1.82) is 0 Å². The van der Waals surface area contributed by atoms with E-state index in [0.717, 1.165) is 42.6 Å². The number of quaternary nitrogens is 1. The van der Waals surface area contributed by atoms with Crippen LogP contribution in [0.25, 0.3) is 0 Å². The smallest absolute Gasteiger partial charge is 0.0945 e. The monoisotopic (exact) mass is 487 g/mol. The predicted octanol–water partition coefficient (Wildman–Crippen LogP) is 2.00. The molecule has 0 aromatic rings. The van der Waals surface area contributed by atoms with Crippen LogP contribution < -0.4 is 24.0 Å². The highest BCUT2D eigenvalue weighted by molar-refractivity contribution is 5.10. The molecule has 1 saturated heterocycles. The van der Waals surface area contributed by atoms with Crippen molar-refractivity contribution in [3.05, 3.63) is 0 Å². The van der Waals surface area contributed by atoms with Crippen molar-refractivity contribution >= 4 is 0 Å². The number of hydrogen-bond acceptors (Lipinski definition) is 1. The standard InChI is InChI=1S/C24H42NO.HI/c1-23-12-10-18(26)16-17(23)6-7-19-20-8-9-22(25(3)14-4-5-15-25)24(20,2)13-11-21(19)23;/h17-22,26H,4-16H2,1-3H3;1H/q+1;/p-1/t17-,18-,19-,20-,21-,22-,23-,24-;/m0./s1. The van der Waals surface area contributed by atoms with Crippen LogP contribution in [0.5, 0.6) is 0 Å². The zero-order chi connectivity index (χ0) is 18.2. The molecule has 0 radical (unpaired) electrons. The lowest BCUT2D eigenvalue weighted by molar-refractivity contribution is -0.928. The van der Waals surface area contributed by atoms with Gasteiger partial charge in [0.25, 0.3) is 0 Å². The summed E-state index contributed by atoms with van der Waals surface area (Å²) in [5.41, 5.74) is 1.14. The molecule has 0 spiro atoms. The summed E-state index contributed by atoms with van der Waals surface area (Å²) in [5.74, 6) is 3.74. The fourth-order valence-corrected chi connectivity index (χ4v) is 9.60. The minimum atomic E-state index is -0.00559. The second-order valence-electron chi connectivity index (χ2n) is 11.9. The van der Waals surface area contributed by atoms with Crippen LogP contribution in [0.4, 0.5) is 0 Å². The minimum Gasteiger partial charge on any atom is -1.00 e. The van der Waals surface area contributed by atoms with E-state index < -0.39 is 0 Å². The van der Waals surface area contributed by atoms with E-state index in [1.165, 1.54) is 75.4 Å². The normalized spacial score (nSPS) is 53.8. The van der Waals surface area contributed by atoms with Gasteiger partial charge in [-0.3, -0.25) is 0 Å². The Morgan fingerprint density at radius 2 is 1.48 bits per heavy atom. The maximum absolute atomic E-state index is 10.2. The first-order valence-electron chi connectivity index (χ1n) is 11.9. The van der Waals surface area contributed by atoms with Crippen LogP contribution in [0.2, 0.25) is 0 Å². The number of nitrogens with zero attached hydrogens (tertiary/aromatic N) is 1. The predicted molar refractivity (Wildman–Crippen MR) is 107 cm³/mol. The van der Waals surface area contributed by atoms with Crippen molar-refractivity contribution in [3.8, 4) is 0 Å². The summed E-state index contributed by atoms with van der Waals surface area (Å²) < 4.78 is 1.40. The zero-order valence-corrected chi connectivity index (χ0v) is 20.1. The molecule has 3 heteroatoms. The van der Waals surface area contributed by atoms with E-state index in [-0.39, 0.29) is 30.1 Å². The summed E-state index contributed by atoms with van der Waals surface area (Å²) in [6.07, 6.45) is 15.2. The Bertz CT molecular complexity index is 561. The highest BCUT2D eigenvalue weighted by Crippen LogP contribution is 2.67. The number of fused-ring (bicyclic) bond motifs is 5. The summed E-state index contributed by atoms with van der Waals surface area (Å²) in [6.45, 7) is 8.23. The largest absolute Gasteiger partial charge is 1.00 e. The molecule has 8 atom stereocenters. The van der Waals surface area contributed by atoms with E-state index >= 15 is 0 Å². The number of likely N-dealkylation sites (tertiary alicyclic amines) is 1. The van der Waals surface area contributed by atoms with Gasteiger partial charge < -0.3 is 33.6 Å². The summed E-state index contributed by atoms with van der Waals surface area (Å²) in [7, 11) is 2.60. The van der Waals surface area contributed by atoms with Crippen LogP contribution in [-0.2, 0) is 0 Å². The molecule has 0 bridgehead atoms. The molecule has 156 valence electrons. The van der Waals surface area contributed by atoms with Gasteiger partial charge >= 0.3 is 0 Å². The molecule has 1 N–H and O–H groups in total. The molecule has 5 rings (SSSR count). The maximum atomic E-state index is 10.2. The number of hydrogen-bond donors (Lipinski definition) is 1. The van der Waals surface area contributed by atoms with Gasteiger partial charge in [0.2, 0.25) is 0 Å². The van der Waals surface area contributed by atoms with Crippen molar-refractivity contribution in [2.24, 2.45) is 34.5 Å². The Kier molecular flexibility index (Phi) is 5.51. The first-order valence-corrected chi connectivity index (χ1v) is 11.9. The second-order valence-corrected chi connectivity index (χ2v) is 11.9. The number of halogens is 1. The van der Waals surface area contributed by atoms with Crippen molar-refractivity contribution in [1.82, 2.24) is 0 Å². The maximum Gasteiger partial charge on any atom is 0.0945 e. The molecule has 0 aromatic carbocycles. The van der Waals surface area contributed by atoms with Crippen LogP contribution >= 0.6 is 0 Å². The van der Waals surface area contributed by atoms with E-state index in [9.17, 15) is 5.11 Å². The highest BCUT2D eigenvalue weighted by Gasteiger charge is 2.63. The van der Waals surface area contributed by atoms with Crippen molar-refractivity contribution < 1.29 is 33.6 Å². The van der Waals surface area contributed by atoms with Gasteiger partial charge in [-0.25, -0.2) is 0 Å². The molecule has 2 nitrogen and oxygen atoms in total. The molecule has 5 fully saturated rings. The van der Waals surface area contributed by atoms with Gasteiger partial charge in [-0.2, -0.15) is 0 Å². The summed E-state index contributed by atoms with van der Waals surface area (Å²) in [4.78, 5) is 0. The Morgan fingerprint density at radius 3 is 2.22 bits per heavy atom. The lowest BCUT2D eigenvalue weighted by Crippen LogP contribution is -3.00. The van der Waals surface area contributed by atoms with E-state index in [1.807, 2.05) is 0 Å². The molecule has 0 aromatic heterocycles. The van der Waals surface area contributed by atoms with E-state index in [1.54, 1.807) is 0 Å². The Morgan fingerprint density at radius 1 is 0.815 bits per heavy atom. The van der Waals surface area contributed by atoms with Crippen molar-refractivity contribution in [2.45, 2.75) is 96.6 Å². The Hall–Kier alpha value is 0.650. The first kappa shape index (κ1) is 20.9. The summed E-state index contributed by atoms with van der Waals surface area (Å²) in [5, 5.41) is 10.2. The lowest BCUT2D eigenvalue weighted by Gasteiger charge is -2.61. The third-order valence-corrected chi connectivity index (χ3v) is 10.9. The van der Waals surface area contributed by atoms with E-state index in [2.05, 4.69) is 20.9 Å². The van der Waals surface area contributed by atoms with Crippen LogP contribution in [0.3, 0.4) is 0 Å². The third kappa shape index (κ3) is 2.99. The minimum absolute atomic E-state index is 0. The molecule has 1 heterocycles. The Balaban J connectivity index is 0.00000180. The van der Waals surface area contributed by atoms with Gasteiger partial charge in [0.05, 0.1) is 32.3 Å². The van der Waals surface area contributed by atoms with Gasteiger partial charge in [0.1, 0.15) is 0 Å². The molecule has 0 unspecified atom stereocenters. The second kappa shape index (κ2) is 7.11. The lowest BCUT2D eigenvalue weighted by atomic mass is 9.45. The van der Waals surface area contributed by atoms with Crippen LogP contribution in [0.1, 0.15) is 84.5 Å². The van der Waals surface area contributed by atoms with Gasteiger partial charge in [0.15, 0.2) is 0 Å². The van der Waals surface area contributed by atoms with Crippen molar-refractivity contribution in [2.75, 3.05) is 20.1 Å². The molecule has 5 aliphatic rings. The van der Waals surface area contributed by atoms with Crippen LogP contribution in [0, 0.1) is 34.5 Å². The molecule has 1 aliphatic heterocycles. The molecular formula is C24H42INO. The molecule has 4 aliphatic carbocycles. The fraction of sp³-hybridized carbons (Fsp3) is 1.00. The number of rotatable bonds is 1. The molecular weight excluding hydrogens is 445 g/mol. The SMILES string of the molecule is C[C@]12CC[C@H](O)C[C@@H]1CC[C@@H]1[C@@H]2CC[C@@]2(C)[C@H]1CC[C@@H]2[N+]1(C)CCCC1.[I-]. The van der Waals surface area contributed by atoms with Crippen LogP contribution in [-0.4, -0.2) is 41.9 Å². The van der Waals surface area contributed by atoms with Gasteiger partial charge in [-0.15, -0.1) is 0 Å². The van der Waals surface area contributed by atoms with Gasteiger partial charge in [0, 0.05) is 24.7 Å². The van der Waals surface area contributed by atoms with Gasteiger partial charge in [-0.05, 0) is 80.5 Å². The quantitative estimate of drug-likeness (QED) is 0.443. The summed E-state index contributed by atoms with van der Waals surface area (Å²) >= 11 is 0. The zero-order valence-electron chi connectivity index (χ0n) is 17.9.